The van der Waals surface area contributed by atoms with Crippen LogP contribution in [-0.2, 0) is 10.2 Å². The molecule has 1 aliphatic heterocycles. The van der Waals surface area contributed by atoms with Crippen LogP contribution in [-0.4, -0.2) is 29.6 Å². The number of carbonyl (C=O) groups excluding carboxylic acids is 1. The quantitative estimate of drug-likeness (QED) is 0.632. The lowest BCUT2D eigenvalue weighted by molar-refractivity contribution is -0.122. The van der Waals surface area contributed by atoms with Crippen molar-refractivity contribution < 1.29 is 9.53 Å². The average molecular weight is 395 g/mol. The molecule has 5 heteroatoms. The van der Waals surface area contributed by atoms with Gasteiger partial charge in [0.25, 0.3) is 5.91 Å². The van der Waals surface area contributed by atoms with Crippen molar-refractivity contribution >= 4 is 34.6 Å². The topological polar surface area (TPSA) is 41.9 Å². The Kier molecular flexibility index (Phi) is 5.94. The summed E-state index contributed by atoms with van der Waals surface area (Å²) in [6.45, 7) is 9.12. The van der Waals surface area contributed by atoms with E-state index < -0.39 is 0 Å². The number of nitrogens with zero attached hydrogens (tertiary/aromatic N) is 2. The van der Waals surface area contributed by atoms with Crippen molar-refractivity contribution in [3.8, 4) is 5.75 Å². The highest BCUT2D eigenvalue weighted by Crippen LogP contribution is 2.34. The van der Waals surface area contributed by atoms with Gasteiger partial charge in [0.2, 0.25) is 0 Å². The van der Waals surface area contributed by atoms with Crippen LogP contribution in [0.1, 0.15) is 38.8 Å². The fourth-order valence-corrected chi connectivity index (χ4v) is 3.93. The highest BCUT2D eigenvalue weighted by atomic mass is 32.2. The SMILES string of the molecule is CCN1C(=O)/C(=C\c2ccc(C(C)(C)C)cc2)SC1=Nc1ccc(OC)cc1. The highest BCUT2D eigenvalue weighted by Gasteiger charge is 2.32. The first-order valence-electron chi connectivity index (χ1n) is 9.36. The third-order valence-electron chi connectivity index (χ3n) is 4.58. The van der Waals surface area contributed by atoms with Crippen molar-refractivity contribution in [2.75, 3.05) is 13.7 Å². The summed E-state index contributed by atoms with van der Waals surface area (Å²) in [5.74, 6) is 0.783. The largest absolute Gasteiger partial charge is 0.497 e. The molecule has 1 fully saturated rings. The number of aliphatic imine (C=N–C) groups is 1. The molecule has 28 heavy (non-hydrogen) atoms. The molecule has 4 nitrogen and oxygen atoms in total. The normalized spacial score (nSPS) is 17.6. The lowest BCUT2D eigenvalue weighted by Gasteiger charge is -2.18. The predicted octanol–water partition coefficient (Wildman–Crippen LogP) is 5.62. The van der Waals surface area contributed by atoms with Gasteiger partial charge in [-0.25, -0.2) is 4.99 Å². The zero-order chi connectivity index (χ0) is 20.3. The molecule has 0 N–H and O–H groups in total. The van der Waals surface area contributed by atoms with Gasteiger partial charge >= 0.3 is 0 Å². The van der Waals surface area contributed by atoms with Crippen molar-refractivity contribution in [2.45, 2.75) is 33.1 Å². The van der Waals surface area contributed by atoms with Crippen LogP contribution < -0.4 is 4.74 Å². The predicted molar refractivity (Wildman–Crippen MR) is 118 cm³/mol. The Morgan fingerprint density at radius 2 is 1.71 bits per heavy atom. The fraction of sp³-hybridized carbons (Fsp3) is 0.304. The van der Waals surface area contributed by atoms with Gasteiger partial charge in [0.15, 0.2) is 5.17 Å². The number of methoxy groups -OCH3 is 1. The minimum atomic E-state index is -0.000315. The number of hydrogen-bond acceptors (Lipinski definition) is 4. The van der Waals surface area contributed by atoms with E-state index in [0.29, 0.717) is 16.6 Å². The van der Waals surface area contributed by atoms with Gasteiger partial charge in [0, 0.05) is 6.54 Å². The van der Waals surface area contributed by atoms with Crippen LogP contribution in [0.25, 0.3) is 6.08 Å². The molecule has 2 aromatic rings. The van der Waals surface area contributed by atoms with Gasteiger partial charge in [-0.3, -0.25) is 9.69 Å². The fourth-order valence-electron chi connectivity index (χ4n) is 2.87. The van der Waals surface area contributed by atoms with Crippen molar-refractivity contribution in [3.63, 3.8) is 0 Å². The lowest BCUT2D eigenvalue weighted by Crippen LogP contribution is -2.28. The standard InChI is InChI=1S/C23H26N2O2S/c1-6-25-21(26)20(15-16-7-9-17(10-8-16)23(2,3)4)28-22(25)24-18-11-13-19(27-5)14-12-18/h7-15H,6H2,1-5H3/b20-15+,24-22?. The van der Waals surface area contributed by atoms with Gasteiger partial charge in [0.05, 0.1) is 17.7 Å². The smallest absolute Gasteiger partial charge is 0.266 e. The Bertz CT molecular complexity index is 907. The molecule has 0 saturated carbocycles. The Morgan fingerprint density at radius 1 is 1.07 bits per heavy atom. The molecule has 1 heterocycles. The number of rotatable bonds is 4. The van der Waals surface area contributed by atoms with E-state index in [0.717, 1.165) is 17.0 Å². The third kappa shape index (κ3) is 4.47. The van der Waals surface area contributed by atoms with Crippen LogP contribution in [0.2, 0.25) is 0 Å². The van der Waals surface area contributed by atoms with E-state index in [1.807, 2.05) is 37.3 Å². The van der Waals surface area contributed by atoms with E-state index in [-0.39, 0.29) is 11.3 Å². The second kappa shape index (κ2) is 8.23. The van der Waals surface area contributed by atoms with Crippen LogP contribution in [0.15, 0.2) is 58.4 Å². The lowest BCUT2D eigenvalue weighted by atomic mass is 9.87. The van der Waals surface area contributed by atoms with Crippen molar-refractivity contribution in [1.82, 2.24) is 4.90 Å². The van der Waals surface area contributed by atoms with E-state index in [2.05, 4.69) is 50.0 Å². The maximum atomic E-state index is 12.8. The molecule has 0 bridgehead atoms. The maximum Gasteiger partial charge on any atom is 0.266 e. The monoisotopic (exact) mass is 394 g/mol. The van der Waals surface area contributed by atoms with Crippen LogP contribution in [0.5, 0.6) is 5.75 Å². The summed E-state index contributed by atoms with van der Waals surface area (Å²) in [6.07, 6.45) is 1.94. The van der Waals surface area contributed by atoms with E-state index >= 15 is 0 Å². The summed E-state index contributed by atoms with van der Waals surface area (Å²) in [5, 5.41) is 0.704. The molecule has 3 rings (SSSR count). The number of amides is 1. The molecule has 1 amide bonds. The van der Waals surface area contributed by atoms with Gasteiger partial charge < -0.3 is 4.74 Å². The third-order valence-corrected chi connectivity index (χ3v) is 5.58. The summed E-state index contributed by atoms with van der Waals surface area (Å²) in [7, 11) is 1.64. The number of likely N-dealkylation sites (N-methyl/N-ethyl adjacent to an activating group) is 1. The molecule has 1 aliphatic rings. The molecule has 2 aromatic carbocycles. The summed E-state index contributed by atoms with van der Waals surface area (Å²) in [4.78, 5) is 19.9. The second-order valence-corrected chi connectivity index (χ2v) is 8.63. The summed E-state index contributed by atoms with van der Waals surface area (Å²) in [5.41, 5.74) is 3.20. The number of ether oxygens (including phenoxy) is 1. The van der Waals surface area contributed by atoms with E-state index in [4.69, 9.17) is 4.74 Å². The zero-order valence-electron chi connectivity index (χ0n) is 17.0. The Morgan fingerprint density at radius 3 is 2.25 bits per heavy atom. The number of amidine groups is 1. The molecule has 0 radical (unpaired) electrons. The highest BCUT2D eigenvalue weighted by molar-refractivity contribution is 8.18. The summed E-state index contributed by atoms with van der Waals surface area (Å²) < 4.78 is 5.18. The van der Waals surface area contributed by atoms with Gasteiger partial charge in [-0.05, 0) is 65.6 Å². The van der Waals surface area contributed by atoms with E-state index in [1.54, 1.807) is 12.0 Å². The molecular weight excluding hydrogens is 368 g/mol. The van der Waals surface area contributed by atoms with Crippen LogP contribution in [0.4, 0.5) is 5.69 Å². The van der Waals surface area contributed by atoms with Crippen LogP contribution in [0.3, 0.4) is 0 Å². The van der Waals surface area contributed by atoms with E-state index in [1.165, 1.54) is 17.3 Å². The van der Waals surface area contributed by atoms with Gasteiger partial charge in [-0.2, -0.15) is 0 Å². The Balaban J connectivity index is 1.86. The van der Waals surface area contributed by atoms with Crippen molar-refractivity contribution in [1.29, 1.82) is 0 Å². The number of carbonyl (C=O) groups is 1. The van der Waals surface area contributed by atoms with Crippen molar-refractivity contribution in [3.05, 3.63) is 64.6 Å². The molecule has 0 spiro atoms. The van der Waals surface area contributed by atoms with Gasteiger partial charge in [0.1, 0.15) is 5.75 Å². The zero-order valence-corrected chi connectivity index (χ0v) is 17.8. The average Bonchev–Trinajstić information content (AvgIpc) is 2.96. The van der Waals surface area contributed by atoms with Crippen LogP contribution in [0, 0.1) is 0 Å². The number of benzene rings is 2. The van der Waals surface area contributed by atoms with Gasteiger partial charge in [-0.15, -0.1) is 0 Å². The van der Waals surface area contributed by atoms with Crippen molar-refractivity contribution in [2.24, 2.45) is 4.99 Å². The molecule has 0 aliphatic carbocycles. The summed E-state index contributed by atoms with van der Waals surface area (Å²) in [6, 6.07) is 15.9. The molecule has 146 valence electrons. The molecule has 0 atom stereocenters. The molecule has 0 unspecified atom stereocenters. The molecule has 1 saturated heterocycles. The second-order valence-electron chi connectivity index (χ2n) is 7.62. The first-order valence-corrected chi connectivity index (χ1v) is 10.2. The number of hydrogen-bond donors (Lipinski definition) is 0. The van der Waals surface area contributed by atoms with E-state index in [9.17, 15) is 4.79 Å². The maximum absolute atomic E-state index is 12.8. The molecular formula is C23H26N2O2S. The van der Waals surface area contributed by atoms with Crippen LogP contribution >= 0.6 is 11.8 Å². The Hall–Kier alpha value is -2.53. The number of thioether (sulfide) groups is 1. The molecule has 0 aromatic heterocycles. The Labute approximate surface area is 171 Å². The first-order chi connectivity index (χ1) is 13.3. The van der Waals surface area contributed by atoms with Gasteiger partial charge in [-0.1, -0.05) is 45.0 Å². The minimum Gasteiger partial charge on any atom is -0.497 e. The first kappa shape index (κ1) is 20.2. The minimum absolute atomic E-state index is 0.000315. The summed E-state index contributed by atoms with van der Waals surface area (Å²) >= 11 is 1.42.